The van der Waals surface area contributed by atoms with Gasteiger partial charge in [0.2, 0.25) is 0 Å². The second-order valence-corrected chi connectivity index (χ2v) is 6.45. The number of aromatic nitrogens is 2. The summed E-state index contributed by atoms with van der Waals surface area (Å²) in [5.74, 6) is 0.649. The maximum absolute atomic E-state index is 12.3. The molecule has 0 unspecified atom stereocenters. The summed E-state index contributed by atoms with van der Waals surface area (Å²) in [6.45, 7) is 5.35. The van der Waals surface area contributed by atoms with E-state index in [-0.39, 0.29) is 5.03 Å². The molecular weight excluding hydrogens is 288 g/mol. The Morgan fingerprint density at radius 3 is 2.71 bits per heavy atom. The fourth-order valence-corrected chi connectivity index (χ4v) is 2.97. The zero-order valence-corrected chi connectivity index (χ0v) is 13.2. The number of benzene rings is 1. The first-order valence-electron chi connectivity index (χ1n) is 6.75. The molecule has 0 aliphatic heterocycles. The van der Waals surface area contributed by atoms with Crippen LogP contribution in [0.25, 0.3) is 0 Å². The molecule has 1 aromatic carbocycles. The van der Waals surface area contributed by atoms with Crippen LogP contribution in [0.1, 0.15) is 18.3 Å². The molecule has 0 amide bonds. The molecule has 0 atom stereocenters. The van der Waals surface area contributed by atoms with E-state index < -0.39 is 10.0 Å². The van der Waals surface area contributed by atoms with Gasteiger partial charge in [-0.3, -0.25) is 4.72 Å². The van der Waals surface area contributed by atoms with Crippen molar-refractivity contribution in [1.29, 1.82) is 0 Å². The van der Waals surface area contributed by atoms with E-state index in [0.717, 1.165) is 12.1 Å². The lowest BCUT2D eigenvalue weighted by Crippen LogP contribution is -2.15. The van der Waals surface area contributed by atoms with Gasteiger partial charge in [0.05, 0.1) is 0 Å². The second-order valence-electron chi connectivity index (χ2n) is 4.82. The highest BCUT2D eigenvalue weighted by Gasteiger charge is 2.18. The van der Waals surface area contributed by atoms with E-state index >= 15 is 0 Å². The van der Waals surface area contributed by atoms with E-state index in [1.165, 1.54) is 6.20 Å². The van der Waals surface area contributed by atoms with Crippen LogP contribution in [0, 0.1) is 6.92 Å². The molecule has 114 valence electrons. The molecule has 1 aromatic heterocycles. The van der Waals surface area contributed by atoms with Crippen molar-refractivity contribution in [2.45, 2.75) is 25.4 Å². The maximum atomic E-state index is 12.3. The molecule has 6 nitrogen and oxygen atoms in total. The lowest BCUT2D eigenvalue weighted by atomic mass is 10.2. The van der Waals surface area contributed by atoms with E-state index in [9.17, 15) is 8.42 Å². The summed E-state index contributed by atoms with van der Waals surface area (Å²) >= 11 is 0. The van der Waals surface area contributed by atoms with Crippen molar-refractivity contribution in [2.75, 3.05) is 11.3 Å². The number of nitrogens with one attached hydrogen (secondary N) is 2. The largest absolute Gasteiger partial charge is 0.337 e. The van der Waals surface area contributed by atoms with Crippen LogP contribution >= 0.6 is 0 Å². The van der Waals surface area contributed by atoms with Gasteiger partial charge >= 0.3 is 0 Å². The van der Waals surface area contributed by atoms with Crippen LogP contribution in [0.5, 0.6) is 0 Å². The fourth-order valence-electron chi connectivity index (χ4n) is 1.88. The van der Waals surface area contributed by atoms with Crippen molar-refractivity contribution in [2.24, 2.45) is 7.05 Å². The average molecular weight is 308 g/mol. The van der Waals surface area contributed by atoms with Gasteiger partial charge in [0, 0.05) is 25.5 Å². The minimum Gasteiger partial charge on any atom is -0.337 e. The summed E-state index contributed by atoms with van der Waals surface area (Å²) in [5.41, 5.74) is 1.56. The molecule has 0 radical (unpaired) electrons. The number of hydrogen-bond acceptors (Lipinski definition) is 4. The topological polar surface area (TPSA) is 76.0 Å². The lowest BCUT2D eigenvalue weighted by Gasteiger charge is -2.08. The average Bonchev–Trinajstić information content (AvgIpc) is 2.77. The molecule has 7 heteroatoms. The molecule has 0 aliphatic carbocycles. The number of nitrogens with zero attached hydrogens (tertiary/aromatic N) is 2. The standard InChI is InChI=1S/C14H20N4O2S/c1-4-15-9-12-6-5-7-13(8-12)17-21(19,20)14-10-18(3)11(2)16-14/h5-8,10,15,17H,4,9H2,1-3H3. The molecule has 0 aliphatic rings. The van der Waals surface area contributed by atoms with Gasteiger partial charge < -0.3 is 9.88 Å². The molecule has 2 rings (SSSR count). The highest BCUT2D eigenvalue weighted by molar-refractivity contribution is 7.92. The van der Waals surface area contributed by atoms with Crippen molar-refractivity contribution < 1.29 is 8.42 Å². The van der Waals surface area contributed by atoms with Gasteiger partial charge in [-0.1, -0.05) is 19.1 Å². The number of sulfonamides is 1. The number of rotatable bonds is 6. The molecule has 0 fully saturated rings. The lowest BCUT2D eigenvalue weighted by molar-refractivity contribution is 0.598. The Bertz CT molecular complexity index is 703. The van der Waals surface area contributed by atoms with Crippen LogP contribution < -0.4 is 10.0 Å². The zero-order valence-electron chi connectivity index (χ0n) is 12.4. The summed E-state index contributed by atoms with van der Waals surface area (Å²) in [6.07, 6.45) is 1.50. The first kappa shape index (κ1) is 15.5. The molecular formula is C14H20N4O2S. The third-order valence-electron chi connectivity index (χ3n) is 3.12. The Morgan fingerprint density at radius 2 is 2.10 bits per heavy atom. The van der Waals surface area contributed by atoms with Crippen molar-refractivity contribution >= 4 is 15.7 Å². The summed E-state index contributed by atoms with van der Waals surface area (Å²) < 4.78 is 28.8. The Labute approximate surface area is 125 Å². The van der Waals surface area contributed by atoms with Crippen LogP contribution in [0.4, 0.5) is 5.69 Å². The van der Waals surface area contributed by atoms with Crippen molar-refractivity contribution in [3.8, 4) is 0 Å². The van der Waals surface area contributed by atoms with E-state index in [1.807, 2.05) is 25.1 Å². The second kappa shape index (κ2) is 6.28. The maximum Gasteiger partial charge on any atom is 0.280 e. The zero-order chi connectivity index (χ0) is 15.5. The molecule has 2 aromatic rings. The third kappa shape index (κ3) is 3.83. The van der Waals surface area contributed by atoms with E-state index in [1.54, 1.807) is 24.6 Å². The van der Waals surface area contributed by atoms with Crippen LogP contribution in [-0.4, -0.2) is 24.5 Å². The highest BCUT2D eigenvalue weighted by atomic mass is 32.2. The Kier molecular flexibility index (Phi) is 4.64. The quantitative estimate of drug-likeness (QED) is 0.850. The molecule has 0 saturated carbocycles. The van der Waals surface area contributed by atoms with Crippen LogP contribution in [-0.2, 0) is 23.6 Å². The normalized spacial score (nSPS) is 11.6. The summed E-state index contributed by atoms with van der Waals surface area (Å²) in [4.78, 5) is 4.05. The minimum absolute atomic E-state index is 0.0274. The number of aryl methyl sites for hydroxylation is 2. The summed E-state index contributed by atoms with van der Waals surface area (Å²) in [7, 11) is -1.89. The Hall–Kier alpha value is -1.86. The molecule has 0 spiro atoms. The van der Waals surface area contributed by atoms with Gasteiger partial charge in [-0.25, -0.2) is 4.98 Å². The predicted molar refractivity (Wildman–Crippen MR) is 82.6 cm³/mol. The number of hydrogen-bond donors (Lipinski definition) is 2. The predicted octanol–water partition coefficient (Wildman–Crippen LogP) is 1.64. The van der Waals surface area contributed by atoms with E-state index in [4.69, 9.17) is 0 Å². The van der Waals surface area contributed by atoms with E-state index in [0.29, 0.717) is 18.1 Å². The van der Waals surface area contributed by atoms with Gasteiger partial charge in [-0.2, -0.15) is 8.42 Å². The van der Waals surface area contributed by atoms with Crippen molar-refractivity contribution in [3.63, 3.8) is 0 Å². The van der Waals surface area contributed by atoms with Crippen LogP contribution in [0.3, 0.4) is 0 Å². The summed E-state index contributed by atoms with van der Waals surface area (Å²) in [6, 6.07) is 7.32. The SMILES string of the molecule is CCNCc1cccc(NS(=O)(=O)c2cn(C)c(C)n2)c1. The Balaban J connectivity index is 2.20. The minimum atomic E-state index is -3.65. The smallest absolute Gasteiger partial charge is 0.280 e. The van der Waals surface area contributed by atoms with Crippen molar-refractivity contribution in [1.82, 2.24) is 14.9 Å². The van der Waals surface area contributed by atoms with Gasteiger partial charge in [-0.05, 0) is 31.2 Å². The molecule has 1 heterocycles. The van der Waals surface area contributed by atoms with Gasteiger partial charge in [0.1, 0.15) is 5.82 Å². The third-order valence-corrected chi connectivity index (χ3v) is 4.37. The first-order chi connectivity index (χ1) is 9.92. The molecule has 21 heavy (non-hydrogen) atoms. The van der Waals surface area contributed by atoms with Gasteiger partial charge in [0.25, 0.3) is 10.0 Å². The monoisotopic (exact) mass is 308 g/mol. The van der Waals surface area contributed by atoms with Gasteiger partial charge in [0.15, 0.2) is 5.03 Å². The Morgan fingerprint density at radius 1 is 1.33 bits per heavy atom. The summed E-state index contributed by atoms with van der Waals surface area (Å²) in [5, 5.41) is 3.23. The number of anilines is 1. The molecule has 0 saturated heterocycles. The highest BCUT2D eigenvalue weighted by Crippen LogP contribution is 2.16. The first-order valence-corrected chi connectivity index (χ1v) is 8.23. The van der Waals surface area contributed by atoms with E-state index in [2.05, 4.69) is 15.0 Å². The van der Waals surface area contributed by atoms with Crippen LogP contribution in [0.2, 0.25) is 0 Å². The van der Waals surface area contributed by atoms with Crippen LogP contribution in [0.15, 0.2) is 35.5 Å². The number of imidazole rings is 1. The molecule has 0 bridgehead atoms. The van der Waals surface area contributed by atoms with Crippen molar-refractivity contribution in [3.05, 3.63) is 41.9 Å². The van der Waals surface area contributed by atoms with Gasteiger partial charge in [-0.15, -0.1) is 0 Å². The fraction of sp³-hybridized carbons (Fsp3) is 0.357. The molecule has 2 N–H and O–H groups in total.